The second-order valence-corrected chi connectivity index (χ2v) is 6.66. The van der Waals surface area contributed by atoms with E-state index in [4.69, 9.17) is 15.2 Å². The average molecular weight is 355 g/mol. The van der Waals surface area contributed by atoms with Gasteiger partial charge >= 0.3 is 0 Å². The van der Waals surface area contributed by atoms with E-state index >= 15 is 0 Å². The fourth-order valence-corrected chi connectivity index (χ4v) is 3.22. The topological polar surface area (TPSA) is 119 Å². The van der Waals surface area contributed by atoms with Crippen LogP contribution in [0.5, 0.6) is 5.75 Å². The van der Waals surface area contributed by atoms with Gasteiger partial charge in [0.1, 0.15) is 12.4 Å². The van der Waals surface area contributed by atoms with Crippen molar-refractivity contribution in [2.75, 3.05) is 19.8 Å². The van der Waals surface area contributed by atoms with Crippen molar-refractivity contribution >= 4 is 10.9 Å². The molecule has 1 fully saturated rings. The van der Waals surface area contributed by atoms with Crippen LogP contribution in [0.15, 0.2) is 35.4 Å². The van der Waals surface area contributed by atoms with Gasteiger partial charge in [-0.05, 0) is 36.5 Å². The van der Waals surface area contributed by atoms with Crippen molar-refractivity contribution in [2.45, 2.75) is 18.9 Å². The Bertz CT molecular complexity index is 945. The first-order chi connectivity index (χ1) is 12.7. The third kappa shape index (κ3) is 3.61. The predicted molar refractivity (Wildman–Crippen MR) is 97.0 cm³/mol. The number of ether oxygens (including phenoxy) is 2. The molecule has 0 amide bonds. The number of nitrogens with two attached hydrogens (primary N) is 1. The van der Waals surface area contributed by atoms with Crippen molar-refractivity contribution in [3.05, 3.63) is 40.9 Å². The van der Waals surface area contributed by atoms with Crippen molar-refractivity contribution in [1.82, 2.24) is 20.4 Å². The number of aromatic amines is 2. The van der Waals surface area contributed by atoms with Crippen LogP contribution in [0.3, 0.4) is 0 Å². The number of nitrogens with one attached hydrogen (secondary N) is 2. The van der Waals surface area contributed by atoms with Crippen LogP contribution in [0, 0.1) is 5.92 Å². The van der Waals surface area contributed by atoms with Gasteiger partial charge in [0.15, 0.2) is 0 Å². The molecule has 0 bridgehead atoms. The summed E-state index contributed by atoms with van der Waals surface area (Å²) in [7, 11) is 0. The van der Waals surface area contributed by atoms with Gasteiger partial charge in [-0.2, -0.15) is 10.2 Å². The number of hydrogen-bond donors (Lipinski definition) is 3. The summed E-state index contributed by atoms with van der Waals surface area (Å²) in [4.78, 5) is 11.5. The summed E-state index contributed by atoms with van der Waals surface area (Å²) in [5.74, 6) is 1.28. The number of nitrogens with zero attached hydrogens (tertiary/aromatic N) is 2. The Labute approximate surface area is 149 Å². The van der Waals surface area contributed by atoms with E-state index in [2.05, 4.69) is 20.4 Å². The zero-order chi connectivity index (χ0) is 17.9. The maximum atomic E-state index is 11.5. The maximum absolute atomic E-state index is 11.5. The molecule has 136 valence electrons. The Kier molecular flexibility index (Phi) is 4.68. The molecule has 2 aromatic heterocycles. The quantitative estimate of drug-likeness (QED) is 0.552. The van der Waals surface area contributed by atoms with E-state index in [9.17, 15) is 4.79 Å². The molecule has 8 heteroatoms. The van der Waals surface area contributed by atoms with E-state index in [0.717, 1.165) is 35.9 Å². The van der Waals surface area contributed by atoms with E-state index in [1.54, 1.807) is 12.4 Å². The summed E-state index contributed by atoms with van der Waals surface area (Å²) in [6, 6.07) is 5.65. The van der Waals surface area contributed by atoms with Crippen LogP contribution >= 0.6 is 0 Å². The summed E-state index contributed by atoms with van der Waals surface area (Å²) in [6.45, 7) is 1.69. The molecule has 1 saturated carbocycles. The van der Waals surface area contributed by atoms with Crippen LogP contribution in [0.2, 0.25) is 0 Å². The lowest BCUT2D eigenvalue weighted by molar-refractivity contribution is 0.0454. The Morgan fingerprint density at radius 1 is 1.08 bits per heavy atom. The minimum atomic E-state index is -0.251. The number of H-pyrrole nitrogens is 2. The molecule has 0 saturated heterocycles. The Morgan fingerprint density at radius 3 is 2.73 bits per heavy atom. The summed E-state index contributed by atoms with van der Waals surface area (Å²) in [5.41, 5.74) is 7.91. The van der Waals surface area contributed by atoms with Crippen LogP contribution in [0.1, 0.15) is 12.8 Å². The molecule has 1 aliphatic rings. The van der Waals surface area contributed by atoms with Crippen molar-refractivity contribution in [3.8, 4) is 16.9 Å². The minimum absolute atomic E-state index is 0.251. The largest absolute Gasteiger partial charge is 0.490 e. The Morgan fingerprint density at radius 2 is 1.92 bits per heavy atom. The monoisotopic (exact) mass is 355 g/mol. The molecular weight excluding hydrogens is 334 g/mol. The highest BCUT2D eigenvalue weighted by atomic mass is 16.5. The SMILES string of the molecule is NC1CC(COCCOc2cc(-c3cn[nH]c(=O)c3)cc3[nH]ncc23)C1. The molecule has 0 aliphatic heterocycles. The third-order valence-corrected chi connectivity index (χ3v) is 4.63. The van der Waals surface area contributed by atoms with Gasteiger partial charge in [0.05, 0.1) is 29.9 Å². The molecule has 2 heterocycles. The van der Waals surface area contributed by atoms with Gasteiger partial charge in [-0.25, -0.2) is 5.10 Å². The fraction of sp³-hybridized carbons (Fsp3) is 0.389. The van der Waals surface area contributed by atoms with E-state index in [-0.39, 0.29) is 5.56 Å². The lowest BCUT2D eigenvalue weighted by Gasteiger charge is -2.31. The van der Waals surface area contributed by atoms with Gasteiger partial charge in [-0.1, -0.05) is 0 Å². The van der Waals surface area contributed by atoms with E-state index in [0.29, 0.717) is 36.5 Å². The normalized spacial score (nSPS) is 19.4. The molecule has 1 aliphatic carbocycles. The molecule has 26 heavy (non-hydrogen) atoms. The molecular formula is C18H21N5O3. The first kappa shape index (κ1) is 16.7. The Hall–Kier alpha value is -2.71. The second kappa shape index (κ2) is 7.27. The van der Waals surface area contributed by atoms with E-state index < -0.39 is 0 Å². The van der Waals surface area contributed by atoms with Crippen LogP contribution in [-0.4, -0.2) is 46.3 Å². The molecule has 1 aromatic carbocycles. The zero-order valence-corrected chi connectivity index (χ0v) is 14.3. The first-order valence-electron chi connectivity index (χ1n) is 8.67. The van der Waals surface area contributed by atoms with Crippen LogP contribution in [-0.2, 0) is 4.74 Å². The van der Waals surface area contributed by atoms with Gasteiger partial charge < -0.3 is 15.2 Å². The number of aromatic nitrogens is 4. The maximum Gasteiger partial charge on any atom is 0.264 e. The predicted octanol–water partition coefficient (Wildman–Crippen LogP) is 1.45. The number of hydrogen-bond acceptors (Lipinski definition) is 6. The van der Waals surface area contributed by atoms with Crippen molar-refractivity contribution in [2.24, 2.45) is 11.7 Å². The average Bonchev–Trinajstić information content (AvgIpc) is 3.08. The highest BCUT2D eigenvalue weighted by molar-refractivity contribution is 5.89. The molecule has 8 nitrogen and oxygen atoms in total. The number of rotatable bonds is 7. The molecule has 4 rings (SSSR count). The summed E-state index contributed by atoms with van der Waals surface area (Å²) in [5, 5.41) is 14.1. The van der Waals surface area contributed by atoms with E-state index in [1.807, 2.05) is 12.1 Å². The molecule has 3 aromatic rings. The van der Waals surface area contributed by atoms with Crippen LogP contribution < -0.4 is 16.0 Å². The van der Waals surface area contributed by atoms with Gasteiger partial charge in [-0.15, -0.1) is 0 Å². The first-order valence-corrected chi connectivity index (χ1v) is 8.67. The smallest absolute Gasteiger partial charge is 0.264 e. The molecule has 4 N–H and O–H groups in total. The van der Waals surface area contributed by atoms with Crippen LogP contribution in [0.25, 0.3) is 22.0 Å². The highest BCUT2D eigenvalue weighted by Crippen LogP contribution is 2.31. The summed E-state index contributed by atoms with van der Waals surface area (Å²) >= 11 is 0. The highest BCUT2D eigenvalue weighted by Gasteiger charge is 2.25. The Balaban J connectivity index is 1.44. The fourth-order valence-electron chi connectivity index (χ4n) is 3.22. The second-order valence-electron chi connectivity index (χ2n) is 6.66. The van der Waals surface area contributed by atoms with Gasteiger partial charge in [0.2, 0.25) is 0 Å². The molecule has 0 radical (unpaired) electrons. The van der Waals surface area contributed by atoms with Crippen molar-refractivity contribution < 1.29 is 9.47 Å². The minimum Gasteiger partial charge on any atom is -0.490 e. The standard InChI is InChI=1S/C18H21N5O3/c19-14-3-11(4-14)10-25-1-2-26-17-6-12(5-16-15(17)9-21-22-16)13-7-18(24)23-20-8-13/h5-9,11,14H,1-4,10,19H2,(H,21,22)(H,23,24). The number of benzene rings is 1. The molecule has 0 atom stereocenters. The van der Waals surface area contributed by atoms with E-state index in [1.165, 1.54) is 6.07 Å². The van der Waals surface area contributed by atoms with Crippen LogP contribution in [0.4, 0.5) is 0 Å². The lowest BCUT2D eigenvalue weighted by Crippen LogP contribution is -2.38. The zero-order valence-electron chi connectivity index (χ0n) is 14.3. The van der Waals surface area contributed by atoms with Gasteiger partial charge in [-0.3, -0.25) is 9.89 Å². The summed E-state index contributed by atoms with van der Waals surface area (Å²) < 4.78 is 11.6. The van der Waals surface area contributed by atoms with Gasteiger partial charge in [0, 0.05) is 24.3 Å². The van der Waals surface area contributed by atoms with Crippen molar-refractivity contribution in [1.29, 1.82) is 0 Å². The third-order valence-electron chi connectivity index (χ3n) is 4.63. The molecule has 0 unspecified atom stereocenters. The number of fused-ring (bicyclic) bond motifs is 1. The lowest BCUT2D eigenvalue weighted by atomic mass is 9.82. The molecule has 0 spiro atoms. The van der Waals surface area contributed by atoms with Gasteiger partial charge in [0.25, 0.3) is 5.56 Å². The summed E-state index contributed by atoms with van der Waals surface area (Å²) in [6.07, 6.45) is 5.42. The van der Waals surface area contributed by atoms with Crippen molar-refractivity contribution in [3.63, 3.8) is 0 Å².